The van der Waals surface area contributed by atoms with Gasteiger partial charge in [-0.25, -0.2) is 4.98 Å². The third-order valence-electron chi connectivity index (χ3n) is 15.4. The van der Waals surface area contributed by atoms with Gasteiger partial charge in [-0.05, 0) is 97.3 Å². The van der Waals surface area contributed by atoms with E-state index in [1.54, 1.807) is 0 Å². The topological polar surface area (TPSA) is 33.5 Å². The molecule has 6 heteroatoms. The summed E-state index contributed by atoms with van der Waals surface area (Å²) in [4.78, 5) is 9.79. The Balaban J connectivity index is 0.00000660. The molecule has 12 rings (SSSR count). The van der Waals surface area contributed by atoms with E-state index in [0.29, 0.717) is 11.5 Å². The summed E-state index contributed by atoms with van der Waals surface area (Å²) in [7, 11) is 0. The molecule has 3 heterocycles. The second-order valence-corrected chi connectivity index (χ2v) is 23.9. The minimum Gasteiger partial charge on any atom is -0.509 e. The van der Waals surface area contributed by atoms with Crippen molar-refractivity contribution in [2.45, 2.75) is 85.5 Å². The number of fused-ring (bicyclic) bond motifs is 4. The molecular weight excluding hydrogens is 1140 g/mol. The number of rotatable bonds is 9. The van der Waals surface area contributed by atoms with Crippen LogP contribution in [-0.2, 0) is 37.3 Å². The number of para-hydroxylation sites is 4. The number of hydrogen-bond donors (Lipinski definition) is 0. The summed E-state index contributed by atoms with van der Waals surface area (Å²) in [6, 6.07) is 79.5. The molecule has 1 aliphatic rings. The van der Waals surface area contributed by atoms with Crippen LogP contribution in [-0.4, -0.2) is 9.55 Å². The average Bonchev–Trinajstić information content (AvgIpc) is 4.00. The zero-order valence-corrected chi connectivity index (χ0v) is 49.0. The smallest absolute Gasteiger partial charge is 0.135 e. The minimum atomic E-state index is 0. The fourth-order valence-corrected chi connectivity index (χ4v) is 11.0. The zero-order chi connectivity index (χ0) is 54.1. The first kappa shape index (κ1) is 53.0. The van der Waals surface area contributed by atoms with Crippen LogP contribution in [0.5, 0.6) is 11.5 Å². The summed E-state index contributed by atoms with van der Waals surface area (Å²) >= 11 is 0. The number of anilines is 4. The Hall–Kier alpha value is -7.98. The summed E-state index contributed by atoms with van der Waals surface area (Å²) in [5, 5.41) is 2.20. The number of nitrogens with zero attached hydrogens (tertiary/aromatic N) is 4. The number of ether oxygens (including phenoxy) is 1. The van der Waals surface area contributed by atoms with E-state index in [1.165, 1.54) is 16.7 Å². The van der Waals surface area contributed by atoms with Crippen LogP contribution < -0.4 is 14.5 Å². The number of aromatic nitrogens is 2. The number of benzene rings is 9. The Morgan fingerprint density at radius 1 is 0.456 bits per heavy atom. The maximum Gasteiger partial charge on any atom is 0.135 e. The van der Waals surface area contributed by atoms with Gasteiger partial charge in [0.15, 0.2) is 0 Å². The largest absolute Gasteiger partial charge is 0.509 e. The fraction of sp³-hybridized carbons (Fsp3) is 0.178. The van der Waals surface area contributed by atoms with Gasteiger partial charge in [-0.2, -0.15) is 6.07 Å². The Labute approximate surface area is 481 Å². The zero-order valence-electron chi connectivity index (χ0n) is 46.7. The van der Waals surface area contributed by atoms with E-state index >= 15 is 0 Å². The van der Waals surface area contributed by atoms with Gasteiger partial charge in [0.25, 0.3) is 0 Å². The van der Waals surface area contributed by atoms with Crippen molar-refractivity contribution < 1.29 is 25.8 Å². The molecule has 5 nitrogen and oxygen atoms in total. The maximum absolute atomic E-state index is 7.04. The molecule has 1 aliphatic heterocycles. The van der Waals surface area contributed by atoms with Crippen molar-refractivity contribution in [1.29, 1.82) is 0 Å². The van der Waals surface area contributed by atoms with Gasteiger partial charge in [0.05, 0.1) is 0 Å². The van der Waals surface area contributed by atoms with Gasteiger partial charge in [-0.3, -0.25) is 0 Å². The first-order valence-corrected chi connectivity index (χ1v) is 27.2. The molecule has 0 amide bonds. The summed E-state index contributed by atoms with van der Waals surface area (Å²) in [6.07, 6.45) is 2.02. The summed E-state index contributed by atoms with van der Waals surface area (Å²) in [5.41, 5.74) is 20.1. The van der Waals surface area contributed by atoms with Crippen LogP contribution >= 0.6 is 0 Å². The molecule has 0 radical (unpaired) electrons. The number of pyridine rings is 1. The second-order valence-electron chi connectivity index (χ2n) is 23.9. The van der Waals surface area contributed by atoms with Gasteiger partial charge < -0.3 is 19.1 Å². The van der Waals surface area contributed by atoms with Crippen LogP contribution in [0.25, 0.3) is 72.1 Å². The van der Waals surface area contributed by atoms with Gasteiger partial charge >= 0.3 is 0 Å². The molecule has 0 atom stereocenters. The van der Waals surface area contributed by atoms with Crippen LogP contribution in [0.4, 0.5) is 22.7 Å². The quantitative estimate of drug-likeness (QED) is 0.135. The molecule has 0 saturated carbocycles. The van der Waals surface area contributed by atoms with Crippen molar-refractivity contribution in [3.05, 3.63) is 247 Å². The second kappa shape index (κ2) is 20.7. The molecule has 0 fully saturated rings. The predicted octanol–water partition coefficient (Wildman–Crippen LogP) is 19.8. The minimum absolute atomic E-state index is 0. The SMILES string of the molecule is Cc1cc(-n2c3[c-]c(Oc4[c-]c(N5[CH-]N(c6c(-c7ccccc7)cccc6-c6ccc(C(C)(C)C)cc6)c6ccccc65)ccc4)cc(-c4ccc(C(C)(C)C)cc4)c3c3ccccc32)ncc1-c1ccc(C(C)(C)C)cc1.[Pt]. The Kier molecular flexibility index (Phi) is 13.9. The molecule has 0 spiro atoms. The van der Waals surface area contributed by atoms with Crippen LogP contribution in [0.2, 0.25) is 0 Å². The van der Waals surface area contributed by atoms with Gasteiger partial charge in [0.1, 0.15) is 5.82 Å². The summed E-state index contributed by atoms with van der Waals surface area (Å²) in [6.45, 7) is 24.7. The monoisotopic (exact) mass is 1210 g/mol. The molecule has 0 unspecified atom stereocenters. The molecule has 2 aromatic heterocycles. The van der Waals surface area contributed by atoms with E-state index < -0.39 is 0 Å². The van der Waals surface area contributed by atoms with Crippen LogP contribution in [0.15, 0.2) is 206 Å². The van der Waals surface area contributed by atoms with E-state index in [2.05, 4.69) is 290 Å². The number of hydrogen-bond acceptors (Lipinski definition) is 4. The van der Waals surface area contributed by atoms with Crippen LogP contribution in [0, 0.1) is 25.7 Å². The molecule has 9 aromatic carbocycles. The molecule has 0 N–H and O–H groups in total. The van der Waals surface area contributed by atoms with Gasteiger partial charge in [0.2, 0.25) is 0 Å². The molecule has 0 saturated heterocycles. The van der Waals surface area contributed by atoms with Gasteiger partial charge in [0, 0.05) is 78.0 Å². The van der Waals surface area contributed by atoms with Gasteiger partial charge in [-0.15, -0.1) is 48.3 Å². The van der Waals surface area contributed by atoms with E-state index in [-0.39, 0.29) is 37.3 Å². The molecule has 396 valence electrons. The van der Waals surface area contributed by atoms with Crippen molar-refractivity contribution in [3.8, 4) is 61.8 Å². The van der Waals surface area contributed by atoms with Crippen molar-refractivity contribution in [3.63, 3.8) is 0 Å². The summed E-state index contributed by atoms with van der Waals surface area (Å²) in [5.74, 6) is 1.97. The summed E-state index contributed by atoms with van der Waals surface area (Å²) < 4.78 is 9.28. The third-order valence-corrected chi connectivity index (χ3v) is 15.4. The fourth-order valence-electron chi connectivity index (χ4n) is 11.0. The van der Waals surface area contributed by atoms with Crippen LogP contribution in [0.1, 0.15) is 84.6 Å². The van der Waals surface area contributed by atoms with E-state index in [0.717, 1.165) is 100 Å². The van der Waals surface area contributed by atoms with Crippen molar-refractivity contribution >= 4 is 44.6 Å². The third kappa shape index (κ3) is 10.1. The molecular formula is C73H65N4OPt-3. The van der Waals surface area contributed by atoms with Crippen molar-refractivity contribution in [1.82, 2.24) is 9.55 Å². The molecule has 0 aliphatic carbocycles. The Morgan fingerprint density at radius 3 is 1.54 bits per heavy atom. The van der Waals surface area contributed by atoms with E-state index in [9.17, 15) is 0 Å². The van der Waals surface area contributed by atoms with E-state index in [4.69, 9.17) is 9.72 Å². The first-order valence-electron chi connectivity index (χ1n) is 27.2. The standard InChI is InChI=1S/C73H65N4O.Pt/c1-48-42-68(74-46-63(48)52-34-40-55(41-35-52)73(8,9)10)77-64-27-15-14-24-61(64)69-62(51-32-38-54(39-33-51)72(5,6)7)44-58(45-67(69)77)78-57-23-18-22-56(43-57)75-47-76(66-29-17-16-28-65(66)75)70-59(49-20-12-11-13-21-49)25-19-26-60(70)50-30-36-53(37-31-50)71(2,3)4;/h11-42,44,46-47H,1-10H3;/q-3;. The van der Waals surface area contributed by atoms with E-state index in [1.807, 2.05) is 18.3 Å². The van der Waals surface area contributed by atoms with Gasteiger partial charge in [-0.1, -0.05) is 225 Å². The normalized spacial score (nSPS) is 12.7. The Morgan fingerprint density at radius 2 is 0.962 bits per heavy atom. The van der Waals surface area contributed by atoms with Crippen molar-refractivity contribution in [2.75, 3.05) is 9.80 Å². The molecule has 11 aromatic rings. The Bertz CT molecular complexity index is 4020. The molecule has 79 heavy (non-hydrogen) atoms. The maximum atomic E-state index is 7.04. The first-order chi connectivity index (χ1) is 37.5. The van der Waals surface area contributed by atoms with Crippen molar-refractivity contribution in [2.24, 2.45) is 0 Å². The predicted molar refractivity (Wildman–Crippen MR) is 327 cm³/mol. The average molecular weight is 1210 g/mol. The van der Waals surface area contributed by atoms with Crippen LogP contribution in [0.3, 0.4) is 0 Å². The number of aryl methyl sites for hydroxylation is 1. The molecule has 0 bridgehead atoms.